The van der Waals surface area contributed by atoms with E-state index in [1.54, 1.807) is 5.51 Å². The quantitative estimate of drug-likeness (QED) is 0.764. The van der Waals surface area contributed by atoms with Gasteiger partial charge < -0.3 is 4.74 Å². The summed E-state index contributed by atoms with van der Waals surface area (Å²) in [6, 6.07) is 0.462. The lowest BCUT2D eigenvalue weighted by molar-refractivity contribution is -0.183. The van der Waals surface area contributed by atoms with Crippen molar-refractivity contribution in [1.29, 1.82) is 0 Å². The fraction of sp³-hybridized carbons (Fsp3) is 0.833. The van der Waals surface area contributed by atoms with E-state index in [0.717, 1.165) is 26.0 Å². The zero-order valence-corrected chi connectivity index (χ0v) is 16.2. The van der Waals surface area contributed by atoms with Crippen molar-refractivity contribution in [3.8, 4) is 0 Å². The lowest BCUT2D eigenvalue weighted by atomic mass is 9.54. The van der Waals surface area contributed by atoms with Crippen molar-refractivity contribution in [2.24, 2.45) is 5.41 Å². The van der Waals surface area contributed by atoms with Crippen LogP contribution < -0.4 is 5.32 Å². The number of nitrogens with zero attached hydrogens (tertiary/aromatic N) is 3. The smallest absolute Gasteiger partial charge is 0.240 e. The van der Waals surface area contributed by atoms with Gasteiger partial charge in [-0.25, -0.2) is 0 Å². The number of anilines is 1. The highest BCUT2D eigenvalue weighted by Gasteiger charge is 2.57. The number of nitrogens with one attached hydrogen (secondary N) is 1. The molecule has 2 unspecified atom stereocenters. The van der Waals surface area contributed by atoms with Crippen molar-refractivity contribution in [1.82, 2.24) is 15.1 Å². The van der Waals surface area contributed by atoms with Gasteiger partial charge in [0.1, 0.15) is 5.51 Å². The molecule has 2 atom stereocenters. The molecule has 2 aliphatic rings. The second kappa shape index (κ2) is 8.56. The molecule has 6 nitrogen and oxygen atoms in total. The zero-order valence-electron chi connectivity index (χ0n) is 15.4. The molecule has 1 N–H and O–H groups in total. The lowest BCUT2D eigenvalue weighted by Gasteiger charge is -2.60. The van der Waals surface area contributed by atoms with Gasteiger partial charge in [0.2, 0.25) is 11.0 Å². The number of aromatic nitrogens is 2. The summed E-state index contributed by atoms with van der Waals surface area (Å²) >= 11 is 1.36. The third-order valence-corrected chi connectivity index (χ3v) is 6.41. The highest BCUT2D eigenvalue weighted by atomic mass is 32.1. The normalized spacial score (nSPS) is 25.1. The number of carbonyl (C=O) groups excluding carboxylic acids is 1. The van der Waals surface area contributed by atoms with E-state index in [1.807, 2.05) is 0 Å². The van der Waals surface area contributed by atoms with E-state index in [2.05, 4.69) is 34.3 Å². The van der Waals surface area contributed by atoms with Gasteiger partial charge >= 0.3 is 0 Å². The second-order valence-corrected chi connectivity index (χ2v) is 8.09. The molecule has 1 heterocycles. The van der Waals surface area contributed by atoms with Gasteiger partial charge in [0.15, 0.2) is 0 Å². The Morgan fingerprint density at radius 3 is 2.84 bits per heavy atom. The molecule has 7 heteroatoms. The Bertz CT molecular complexity index is 545. The minimum atomic E-state index is 0.0102. The highest BCUT2D eigenvalue weighted by Crippen LogP contribution is 2.55. The van der Waals surface area contributed by atoms with Gasteiger partial charge in [-0.1, -0.05) is 37.5 Å². The summed E-state index contributed by atoms with van der Waals surface area (Å²) in [5, 5.41) is 11.1. The summed E-state index contributed by atoms with van der Waals surface area (Å²) in [7, 11) is 0. The molecule has 2 aliphatic carbocycles. The number of amides is 1. The summed E-state index contributed by atoms with van der Waals surface area (Å²) in [5.74, 6) is 0.0102. The maximum atomic E-state index is 12.5. The Morgan fingerprint density at radius 2 is 2.20 bits per heavy atom. The number of hydrogen-bond donors (Lipinski definition) is 1. The van der Waals surface area contributed by atoms with E-state index >= 15 is 0 Å². The predicted octanol–water partition coefficient (Wildman–Crippen LogP) is 3.32. The van der Waals surface area contributed by atoms with Gasteiger partial charge in [-0.15, -0.1) is 10.2 Å². The van der Waals surface area contributed by atoms with Crippen LogP contribution in [0.3, 0.4) is 0 Å². The van der Waals surface area contributed by atoms with Crippen LogP contribution in [-0.4, -0.2) is 52.8 Å². The first kappa shape index (κ1) is 18.7. The van der Waals surface area contributed by atoms with Crippen molar-refractivity contribution >= 4 is 22.4 Å². The van der Waals surface area contributed by atoms with Gasteiger partial charge in [0.25, 0.3) is 0 Å². The van der Waals surface area contributed by atoms with Crippen molar-refractivity contribution < 1.29 is 9.53 Å². The van der Waals surface area contributed by atoms with Crippen molar-refractivity contribution in [3.63, 3.8) is 0 Å². The zero-order chi connectivity index (χ0) is 17.7. The fourth-order valence-electron chi connectivity index (χ4n) is 4.74. The van der Waals surface area contributed by atoms with Gasteiger partial charge in [0, 0.05) is 18.1 Å². The molecule has 0 aromatic carbocycles. The van der Waals surface area contributed by atoms with Crippen LogP contribution in [0.4, 0.5) is 5.13 Å². The van der Waals surface area contributed by atoms with E-state index in [1.165, 1.54) is 43.4 Å². The first-order valence-electron chi connectivity index (χ1n) is 9.61. The van der Waals surface area contributed by atoms with Crippen LogP contribution in [0.15, 0.2) is 5.51 Å². The summed E-state index contributed by atoms with van der Waals surface area (Å²) in [6.45, 7) is 6.43. The number of carbonyl (C=O) groups is 1. The largest absolute Gasteiger partial charge is 0.378 e. The molecule has 1 aromatic rings. The molecule has 0 bridgehead atoms. The summed E-state index contributed by atoms with van der Waals surface area (Å²) in [6.07, 6.45) is 8.86. The average molecular weight is 367 g/mol. The molecule has 2 saturated carbocycles. The maximum absolute atomic E-state index is 12.5. The number of rotatable bonds is 8. The minimum absolute atomic E-state index is 0.0102. The number of ether oxygens (including phenoxy) is 1. The maximum Gasteiger partial charge on any atom is 0.240 e. The Kier molecular flexibility index (Phi) is 6.41. The molecule has 0 saturated heterocycles. The monoisotopic (exact) mass is 366 g/mol. The number of hydrogen-bond acceptors (Lipinski definition) is 6. The van der Waals surface area contributed by atoms with E-state index < -0.39 is 0 Å². The third kappa shape index (κ3) is 4.04. The topological polar surface area (TPSA) is 67.4 Å². The van der Waals surface area contributed by atoms with Gasteiger partial charge in [-0.3, -0.25) is 15.0 Å². The molecule has 1 amide bonds. The molecule has 2 fully saturated rings. The van der Waals surface area contributed by atoms with Gasteiger partial charge in [-0.05, 0) is 39.2 Å². The Labute approximate surface area is 154 Å². The van der Waals surface area contributed by atoms with E-state index in [9.17, 15) is 4.79 Å². The first-order valence-corrected chi connectivity index (χ1v) is 10.5. The molecule has 0 radical (unpaired) electrons. The van der Waals surface area contributed by atoms with Gasteiger partial charge in [-0.2, -0.15) is 0 Å². The standard InChI is InChI=1S/C18H30N4O2S/c1-3-10-22(12-16(23)20-17-21-19-13-25-17)14-11-15(24-4-2)18(14)8-6-5-7-9-18/h13-15H,3-12H2,1-2H3,(H,20,21,23). The summed E-state index contributed by atoms with van der Waals surface area (Å²) < 4.78 is 6.08. The van der Waals surface area contributed by atoms with Crippen LogP contribution in [-0.2, 0) is 9.53 Å². The highest BCUT2D eigenvalue weighted by molar-refractivity contribution is 7.13. The van der Waals surface area contributed by atoms with Crippen LogP contribution in [0.1, 0.15) is 58.8 Å². The molecular formula is C18H30N4O2S. The third-order valence-electron chi connectivity index (χ3n) is 5.80. The molecule has 0 aliphatic heterocycles. The molecule has 1 aromatic heterocycles. The van der Waals surface area contributed by atoms with Crippen molar-refractivity contribution in [3.05, 3.63) is 5.51 Å². The van der Waals surface area contributed by atoms with Crippen LogP contribution >= 0.6 is 11.3 Å². The van der Waals surface area contributed by atoms with E-state index in [0.29, 0.717) is 23.8 Å². The van der Waals surface area contributed by atoms with Crippen LogP contribution in [0.5, 0.6) is 0 Å². The van der Waals surface area contributed by atoms with E-state index in [-0.39, 0.29) is 11.3 Å². The van der Waals surface area contributed by atoms with Gasteiger partial charge in [0.05, 0.1) is 12.6 Å². The molecule has 25 heavy (non-hydrogen) atoms. The predicted molar refractivity (Wildman–Crippen MR) is 99.7 cm³/mol. The SMILES string of the molecule is CCCN(CC(=O)Nc1nncs1)C1CC(OCC)C12CCCCC2. The van der Waals surface area contributed by atoms with Crippen molar-refractivity contribution in [2.75, 3.05) is 25.0 Å². The van der Waals surface area contributed by atoms with Crippen LogP contribution in [0.2, 0.25) is 0 Å². The van der Waals surface area contributed by atoms with E-state index in [4.69, 9.17) is 4.74 Å². The molecular weight excluding hydrogens is 336 g/mol. The fourth-order valence-corrected chi connectivity index (χ4v) is 5.20. The Hall–Kier alpha value is -1.05. The summed E-state index contributed by atoms with van der Waals surface area (Å²) in [4.78, 5) is 14.9. The van der Waals surface area contributed by atoms with Crippen LogP contribution in [0, 0.1) is 5.41 Å². The minimum Gasteiger partial charge on any atom is -0.378 e. The van der Waals surface area contributed by atoms with Crippen molar-refractivity contribution in [2.45, 2.75) is 70.9 Å². The molecule has 1 spiro atoms. The molecule has 140 valence electrons. The lowest BCUT2D eigenvalue weighted by Crippen LogP contribution is -2.66. The first-order chi connectivity index (χ1) is 12.2. The van der Waals surface area contributed by atoms with Crippen LogP contribution in [0.25, 0.3) is 0 Å². The molecule has 3 rings (SSSR count). The Balaban J connectivity index is 1.67. The Morgan fingerprint density at radius 1 is 1.40 bits per heavy atom. The average Bonchev–Trinajstić information content (AvgIpc) is 3.11. The summed E-state index contributed by atoms with van der Waals surface area (Å²) in [5.41, 5.74) is 1.89. The second-order valence-electron chi connectivity index (χ2n) is 7.25.